The number of anilines is 2. The van der Waals surface area contributed by atoms with Gasteiger partial charge in [-0.1, -0.05) is 6.92 Å². The number of ether oxygens (including phenoxy) is 2. The summed E-state index contributed by atoms with van der Waals surface area (Å²) < 4.78 is 77.8. The summed E-state index contributed by atoms with van der Waals surface area (Å²) in [6.07, 6.45) is -5.24. The highest BCUT2D eigenvalue weighted by molar-refractivity contribution is 7.89. The third kappa shape index (κ3) is 7.89. The van der Waals surface area contributed by atoms with Gasteiger partial charge in [0.25, 0.3) is 5.91 Å². The smallest absolute Gasteiger partial charge is 0.416 e. The molecule has 3 atom stereocenters. The van der Waals surface area contributed by atoms with Crippen LogP contribution in [0.1, 0.15) is 29.8 Å². The Labute approximate surface area is 265 Å². The average Bonchev–Trinajstić information content (AvgIpc) is 3.02. The number of aliphatic hydroxyl groups is 1. The monoisotopic (exact) mass is 664 g/mol. The van der Waals surface area contributed by atoms with Gasteiger partial charge in [0.1, 0.15) is 17.6 Å². The van der Waals surface area contributed by atoms with Crippen LogP contribution >= 0.6 is 0 Å². The summed E-state index contributed by atoms with van der Waals surface area (Å²) in [5, 5.41) is 14.9. The number of rotatable bonds is 9. The molecule has 46 heavy (non-hydrogen) atoms. The van der Waals surface area contributed by atoms with E-state index in [-0.39, 0.29) is 53.2 Å². The van der Waals surface area contributed by atoms with Crippen LogP contribution < -0.4 is 20.1 Å². The molecule has 0 bridgehead atoms. The Hall–Kier alpha value is -4.34. The van der Waals surface area contributed by atoms with Crippen LogP contribution in [0.4, 0.5) is 29.3 Å². The number of carbonyl (C=O) groups is 2. The fraction of sp³-hybridized carbons (Fsp3) is 0.355. The van der Waals surface area contributed by atoms with Gasteiger partial charge in [0.05, 0.1) is 42.3 Å². The summed E-state index contributed by atoms with van der Waals surface area (Å²) >= 11 is 0. The van der Waals surface area contributed by atoms with E-state index in [9.17, 15) is 36.3 Å². The number of nitrogens with one attached hydrogen (secondary N) is 2. The summed E-state index contributed by atoms with van der Waals surface area (Å²) in [5.74, 6) is -0.204. The Morgan fingerprint density at radius 1 is 1.09 bits per heavy atom. The lowest BCUT2D eigenvalue weighted by Crippen LogP contribution is -2.50. The van der Waals surface area contributed by atoms with E-state index in [1.807, 2.05) is 6.92 Å². The summed E-state index contributed by atoms with van der Waals surface area (Å²) in [5.41, 5.74) is -0.506. The third-order valence-corrected chi connectivity index (χ3v) is 9.44. The standard InChI is InChI=1S/C31H35F3N4O7S/c1-19-16-38(20(2)18-39)29(40)26-15-23(36-30(41)35-22-7-5-21(6-8-22)31(32,33)34)9-14-27(26)45-28(19)17-37(3)46(42,43)25-12-10-24(44-4)11-13-25/h5-15,19-20,28,39H,16-18H2,1-4H3,(H2,35,36,41)/t19-,20+,28-/m0/s1. The van der Waals surface area contributed by atoms with E-state index >= 15 is 0 Å². The Kier molecular flexibility index (Phi) is 10.5. The lowest BCUT2D eigenvalue weighted by atomic mass is 9.99. The van der Waals surface area contributed by atoms with Crippen molar-refractivity contribution in [2.75, 3.05) is 44.5 Å². The number of amides is 3. The molecule has 1 heterocycles. The Morgan fingerprint density at radius 3 is 2.28 bits per heavy atom. The second-order valence-electron chi connectivity index (χ2n) is 10.9. The van der Waals surface area contributed by atoms with Gasteiger partial charge >= 0.3 is 12.2 Å². The Morgan fingerprint density at radius 2 is 1.70 bits per heavy atom. The number of fused-ring (bicyclic) bond motifs is 1. The van der Waals surface area contributed by atoms with Crippen LogP contribution in [0.3, 0.4) is 0 Å². The molecule has 0 aromatic heterocycles. The lowest BCUT2D eigenvalue weighted by Gasteiger charge is -2.38. The largest absolute Gasteiger partial charge is 0.497 e. The van der Waals surface area contributed by atoms with Crippen LogP contribution in [-0.4, -0.2) is 80.7 Å². The summed E-state index contributed by atoms with van der Waals surface area (Å²) in [4.78, 5) is 27.9. The molecule has 3 amide bonds. The second kappa shape index (κ2) is 14.0. The van der Waals surface area contributed by atoms with Crippen molar-refractivity contribution in [3.8, 4) is 11.5 Å². The third-order valence-electron chi connectivity index (χ3n) is 7.60. The van der Waals surface area contributed by atoms with Crippen LogP contribution in [0, 0.1) is 5.92 Å². The molecule has 248 valence electrons. The van der Waals surface area contributed by atoms with Crippen LogP contribution in [0.15, 0.2) is 71.6 Å². The maximum Gasteiger partial charge on any atom is 0.416 e. The van der Waals surface area contributed by atoms with E-state index < -0.39 is 45.8 Å². The molecule has 0 spiro atoms. The molecule has 1 aliphatic rings. The zero-order chi connectivity index (χ0) is 33.8. The summed E-state index contributed by atoms with van der Waals surface area (Å²) in [6.45, 7) is 3.21. The van der Waals surface area contributed by atoms with Gasteiger partial charge in [-0.2, -0.15) is 17.5 Å². The Bertz CT molecular complexity index is 1650. The number of methoxy groups -OCH3 is 1. The van der Waals surface area contributed by atoms with Gasteiger partial charge < -0.3 is 30.1 Å². The first-order valence-corrected chi connectivity index (χ1v) is 15.7. The molecule has 3 aromatic rings. The SMILES string of the molecule is COc1ccc(S(=O)(=O)N(C)C[C@@H]2Oc3ccc(NC(=O)Nc4ccc(C(F)(F)F)cc4)cc3C(=O)N([C@H](C)CO)C[C@@H]2C)cc1. The summed E-state index contributed by atoms with van der Waals surface area (Å²) in [7, 11) is -1.02. The first kappa shape index (κ1) is 34.5. The molecule has 0 fully saturated rings. The maximum atomic E-state index is 13.7. The quantitative estimate of drug-likeness (QED) is 0.296. The van der Waals surface area contributed by atoms with Crippen molar-refractivity contribution >= 4 is 33.3 Å². The number of halogens is 3. The topological polar surface area (TPSA) is 138 Å². The Balaban J connectivity index is 1.58. The number of alkyl halides is 3. The number of likely N-dealkylation sites (N-methyl/N-ethyl adjacent to an activating group) is 1. The van der Waals surface area contributed by atoms with E-state index in [1.54, 1.807) is 19.1 Å². The van der Waals surface area contributed by atoms with Crippen molar-refractivity contribution in [3.63, 3.8) is 0 Å². The van der Waals surface area contributed by atoms with E-state index in [1.165, 1.54) is 53.7 Å². The zero-order valence-corrected chi connectivity index (χ0v) is 26.4. The lowest BCUT2D eigenvalue weighted by molar-refractivity contribution is -0.137. The van der Waals surface area contributed by atoms with Crippen molar-refractivity contribution in [1.29, 1.82) is 0 Å². The van der Waals surface area contributed by atoms with Gasteiger partial charge in [0.15, 0.2) is 0 Å². The van der Waals surface area contributed by atoms with Crippen LogP contribution in [0.2, 0.25) is 0 Å². The van der Waals surface area contributed by atoms with Gasteiger partial charge in [0, 0.05) is 30.9 Å². The molecule has 15 heteroatoms. The molecule has 3 N–H and O–H groups in total. The number of benzene rings is 3. The molecule has 11 nitrogen and oxygen atoms in total. The van der Waals surface area contributed by atoms with Gasteiger partial charge in [-0.15, -0.1) is 0 Å². The van der Waals surface area contributed by atoms with Gasteiger partial charge in [0.2, 0.25) is 10.0 Å². The first-order chi connectivity index (χ1) is 21.6. The molecule has 0 unspecified atom stereocenters. The second-order valence-corrected chi connectivity index (χ2v) is 13.0. The number of urea groups is 1. The molecule has 0 saturated carbocycles. The molecular formula is C31H35F3N4O7S. The normalized spacial score (nSPS) is 17.8. The van der Waals surface area contributed by atoms with Gasteiger partial charge in [-0.05, 0) is 73.7 Å². The van der Waals surface area contributed by atoms with Crippen molar-refractivity contribution in [3.05, 3.63) is 77.9 Å². The number of hydrogen-bond donors (Lipinski definition) is 3. The molecule has 3 aromatic carbocycles. The van der Waals surface area contributed by atoms with Gasteiger partial charge in [-0.3, -0.25) is 4.79 Å². The van der Waals surface area contributed by atoms with E-state index in [0.29, 0.717) is 5.75 Å². The predicted molar refractivity (Wildman–Crippen MR) is 165 cm³/mol. The fourth-order valence-corrected chi connectivity index (χ4v) is 6.02. The molecule has 0 radical (unpaired) electrons. The van der Waals surface area contributed by atoms with Crippen LogP contribution in [0.25, 0.3) is 0 Å². The number of hydrogen-bond acceptors (Lipinski definition) is 7. The minimum Gasteiger partial charge on any atom is -0.497 e. The van der Waals surface area contributed by atoms with E-state index in [0.717, 1.165) is 24.3 Å². The van der Waals surface area contributed by atoms with E-state index in [2.05, 4.69) is 10.6 Å². The molecular weight excluding hydrogens is 629 g/mol. The van der Waals surface area contributed by atoms with Gasteiger partial charge in [-0.25, -0.2) is 13.2 Å². The molecule has 0 saturated heterocycles. The minimum atomic E-state index is -4.52. The van der Waals surface area contributed by atoms with Crippen LogP contribution in [-0.2, 0) is 16.2 Å². The highest BCUT2D eigenvalue weighted by atomic mass is 32.2. The highest BCUT2D eigenvalue weighted by Crippen LogP contribution is 2.32. The zero-order valence-electron chi connectivity index (χ0n) is 25.5. The molecule has 0 aliphatic carbocycles. The number of carbonyl (C=O) groups excluding carboxylic acids is 2. The highest BCUT2D eigenvalue weighted by Gasteiger charge is 2.35. The number of nitrogens with zero attached hydrogens (tertiary/aromatic N) is 2. The predicted octanol–water partition coefficient (Wildman–Crippen LogP) is 4.90. The first-order valence-electron chi connectivity index (χ1n) is 14.2. The van der Waals surface area contributed by atoms with Crippen molar-refractivity contribution in [2.24, 2.45) is 5.92 Å². The average molecular weight is 665 g/mol. The van der Waals surface area contributed by atoms with Crippen molar-refractivity contribution in [2.45, 2.75) is 37.1 Å². The number of sulfonamides is 1. The molecule has 1 aliphatic heterocycles. The minimum absolute atomic E-state index is 0.0604. The summed E-state index contributed by atoms with van der Waals surface area (Å²) in [6, 6.07) is 12.8. The van der Waals surface area contributed by atoms with Crippen LogP contribution in [0.5, 0.6) is 11.5 Å². The number of aliphatic hydroxyl groups excluding tert-OH is 1. The fourth-order valence-electron chi connectivity index (χ4n) is 4.83. The van der Waals surface area contributed by atoms with Crippen molar-refractivity contribution < 1.29 is 45.8 Å². The maximum absolute atomic E-state index is 13.7. The van der Waals surface area contributed by atoms with E-state index in [4.69, 9.17) is 9.47 Å². The van der Waals surface area contributed by atoms with Crippen molar-refractivity contribution in [1.82, 2.24) is 9.21 Å². The molecule has 4 rings (SSSR count).